The number of hydrogen-bond acceptors (Lipinski definition) is 6. The van der Waals surface area contributed by atoms with E-state index in [1.807, 2.05) is 0 Å². The van der Waals surface area contributed by atoms with Crippen molar-refractivity contribution in [2.45, 2.75) is 6.54 Å². The monoisotopic (exact) mass is 368 g/mol. The van der Waals surface area contributed by atoms with E-state index in [-0.39, 0.29) is 24.9 Å². The molecule has 0 bridgehead atoms. The van der Waals surface area contributed by atoms with Crippen LogP contribution in [0.15, 0.2) is 47.2 Å². The molecule has 1 aliphatic heterocycles. The minimum absolute atomic E-state index is 0.109. The lowest BCUT2D eigenvalue weighted by Gasteiger charge is -2.06. The molecule has 1 aliphatic rings. The van der Waals surface area contributed by atoms with Gasteiger partial charge in [0.1, 0.15) is 5.76 Å². The third-order valence-electron chi connectivity index (χ3n) is 3.93. The number of nitrogens with one attached hydrogen (secondary N) is 2. The number of fused-ring (bicyclic) bond motifs is 1. The zero-order valence-corrected chi connectivity index (χ0v) is 14.4. The van der Waals surface area contributed by atoms with Crippen LogP contribution in [0, 0.1) is 0 Å². The van der Waals surface area contributed by atoms with Crippen LogP contribution in [-0.2, 0) is 13.6 Å². The molecule has 0 radical (unpaired) electrons. The molecule has 2 N–H and O–H groups in total. The summed E-state index contributed by atoms with van der Waals surface area (Å²) in [7, 11) is 1.67. The molecule has 9 nitrogen and oxygen atoms in total. The number of rotatable bonds is 5. The fraction of sp³-hybridized carbons (Fsp3) is 0.167. The molecule has 0 fully saturated rings. The summed E-state index contributed by atoms with van der Waals surface area (Å²) in [5, 5.41) is 9.55. The first-order chi connectivity index (χ1) is 13.1. The standard InChI is InChI=1S/C18H16N4O5/c1-22-9-13(16(21-22)18(24)19-8-12-3-2-6-25-12)20-17(23)11-4-5-14-15(7-11)27-10-26-14/h2-7,9H,8,10H2,1H3,(H,19,24)(H,20,23). The Kier molecular flexibility index (Phi) is 4.25. The maximum absolute atomic E-state index is 12.6. The first-order valence-electron chi connectivity index (χ1n) is 8.15. The molecule has 0 unspecified atom stereocenters. The summed E-state index contributed by atoms with van der Waals surface area (Å²) in [6.45, 7) is 0.348. The van der Waals surface area contributed by atoms with Gasteiger partial charge in [-0.2, -0.15) is 5.10 Å². The number of carbonyl (C=O) groups is 2. The summed E-state index contributed by atoms with van der Waals surface area (Å²) in [5.74, 6) is 0.899. The summed E-state index contributed by atoms with van der Waals surface area (Å²) in [6, 6.07) is 8.36. The number of amides is 2. The van der Waals surface area contributed by atoms with Crippen molar-refractivity contribution in [3.63, 3.8) is 0 Å². The van der Waals surface area contributed by atoms with E-state index in [4.69, 9.17) is 13.9 Å². The Balaban J connectivity index is 1.48. The van der Waals surface area contributed by atoms with E-state index in [1.165, 1.54) is 10.9 Å². The molecular formula is C18H16N4O5. The van der Waals surface area contributed by atoms with Crippen LogP contribution in [0.2, 0.25) is 0 Å². The van der Waals surface area contributed by atoms with E-state index in [0.29, 0.717) is 28.5 Å². The second kappa shape index (κ2) is 6.87. The first kappa shape index (κ1) is 16.7. The van der Waals surface area contributed by atoms with Crippen molar-refractivity contribution in [2.24, 2.45) is 7.05 Å². The number of hydrogen-bond donors (Lipinski definition) is 2. The Hall–Kier alpha value is -3.75. The number of ether oxygens (including phenoxy) is 2. The van der Waals surface area contributed by atoms with Gasteiger partial charge in [-0.15, -0.1) is 0 Å². The maximum atomic E-state index is 12.6. The number of aromatic nitrogens is 2. The van der Waals surface area contributed by atoms with E-state index in [1.54, 1.807) is 43.6 Å². The fourth-order valence-corrected chi connectivity index (χ4v) is 2.64. The summed E-state index contributed by atoms with van der Waals surface area (Å²) < 4.78 is 17.2. The minimum Gasteiger partial charge on any atom is -0.467 e. The minimum atomic E-state index is -0.423. The highest BCUT2D eigenvalue weighted by molar-refractivity contribution is 6.08. The van der Waals surface area contributed by atoms with Crippen LogP contribution in [0.4, 0.5) is 5.69 Å². The Bertz CT molecular complexity index is 993. The van der Waals surface area contributed by atoms with E-state index in [9.17, 15) is 9.59 Å². The van der Waals surface area contributed by atoms with E-state index in [2.05, 4.69) is 15.7 Å². The largest absolute Gasteiger partial charge is 0.467 e. The normalized spacial score (nSPS) is 12.0. The van der Waals surface area contributed by atoms with Gasteiger partial charge in [-0.3, -0.25) is 14.3 Å². The predicted molar refractivity (Wildman–Crippen MR) is 93.6 cm³/mol. The van der Waals surface area contributed by atoms with Gasteiger partial charge in [0.05, 0.1) is 18.5 Å². The van der Waals surface area contributed by atoms with Crippen LogP contribution >= 0.6 is 0 Å². The molecule has 4 rings (SSSR count). The van der Waals surface area contributed by atoms with E-state index in [0.717, 1.165) is 0 Å². The second-order valence-corrected chi connectivity index (χ2v) is 5.85. The van der Waals surface area contributed by atoms with Crippen LogP contribution in [-0.4, -0.2) is 28.4 Å². The number of furan rings is 1. The zero-order valence-electron chi connectivity index (χ0n) is 14.4. The van der Waals surface area contributed by atoms with Crippen LogP contribution in [0.3, 0.4) is 0 Å². The number of aryl methyl sites for hydroxylation is 1. The Morgan fingerprint density at radius 1 is 1.19 bits per heavy atom. The number of carbonyl (C=O) groups excluding carboxylic acids is 2. The van der Waals surface area contributed by atoms with Gasteiger partial charge in [0.25, 0.3) is 11.8 Å². The highest BCUT2D eigenvalue weighted by Gasteiger charge is 2.20. The Morgan fingerprint density at radius 3 is 2.85 bits per heavy atom. The molecule has 2 amide bonds. The van der Waals surface area contributed by atoms with Crippen molar-refractivity contribution >= 4 is 17.5 Å². The number of benzene rings is 1. The van der Waals surface area contributed by atoms with Gasteiger partial charge in [0.15, 0.2) is 17.2 Å². The third kappa shape index (κ3) is 3.47. The maximum Gasteiger partial charge on any atom is 0.274 e. The molecule has 0 saturated heterocycles. The Labute approximate surface area is 153 Å². The molecule has 0 aliphatic carbocycles. The van der Waals surface area contributed by atoms with Crippen LogP contribution < -0.4 is 20.1 Å². The zero-order chi connectivity index (χ0) is 18.8. The van der Waals surface area contributed by atoms with Crippen molar-refractivity contribution < 1.29 is 23.5 Å². The average Bonchev–Trinajstić information content (AvgIpc) is 3.40. The summed E-state index contributed by atoms with van der Waals surface area (Å²) in [6.07, 6.45) is 3.09. The number of nitrogens with zero attached hydrogens (tertiary/aromatic N) is 2. The topological polar surface area (TPSA) is 108 Å². The number of anilines is 1. The molecule has 138 valence electrons. The van der Waals surface area contributed by atoms with Crippen molar-refractivity contribution in [3.05, 3.63) is 59.8 Å². The summed E-state index contributed by atoms with van der Waals surface area (Å²) in [5.41, 5.74) is 0.792. The third-order valence-corrected chi connectivity index (χ3v) is 3.93. The van der Waals surface area contributed by atoms with Crippen molar-refractivity contribution in [1.82, 2.24) is 15.1 Å². The quantitative estimate of drug-likeness (QED) is 0.712. The van der Waals surface area contributed by atoms with Crippen LogP contribution in [0.25, 0.3) is 0 Å². The van der Waals surface area contributed by atoms with Gasteiger partial charge in [-0.05, 0) is 30.3 Å². The highest BCUT2D eigenvalue weighted by Crippen LogP contribution is 2.32. The second-order valence-electron chi connectivity index (χ2n) is 5.85. The van der Waals surface area contributed by atoms with Crippen molar-refractivity contribution in [1.29, 1.82) is 0 Å². The van der Waals surface area contributed by atoms with Gasteiger partial charge in [-0.1, -0.05) is 0 Å². The van der Waals surface area contributed by atoms with Gasteiger partial charge in [-0.25, -0.2) is 0 Å². The molecule has 0 saturated carbocycles. The Morgan fingerprint density at radius 2 is 2.04 bits per heavy atom. The molecule has 1 aromatic carbocycles. The molecule has 3 aromatic rings. The fourth-order valence-electron chi connectivity index (χ4n) is 2.64. The molecular weight excluding hydrogens is 352 g/mol. The lowest BCUT2D eigenvalue weighted by Crippen LogP contribution is -2.25. The summed E-state index contributed by atoms with van der Waals surface area (Å²) in [4.78, 5) is 25.0. The molecule has 0 spiro atoms. The first-order valence-corrected chi connectivity index (χ1v) is 8.15. The SMILES string of the molecule is Cn1cc(NC(=O)c2ccc3c(c2)OCO3)c(C(=O)NCc2ccco2)n1. The van der Waals surface area contributed by atoms with E-state index >= 15 is 0 Å². The van der Waals surface area contributed by atoms with Gasteiger partial charge in [0.2, 0.25) is 6.79 Å². The molecule has 3 heterocycles. The average molecular weight is 368 g/mol. The smallest absolute Gasteiger partial charge is 0.274 e. The van der Waals surface area contributed by atoms with Crippen LogP contribution in [0.1, 0.15) is 26.6 Å². The lowest BCUT2D eigenvalue weighted by molar-refractivity contribution is 0.0943. The molecule has 0 atom stereocenters. The van der Waals surface area contributed by atoms with Gasteiger partial charge < -0.3 is 24.5 Å². The predicted octanol–water partition coefficient (Wildman–Crippen LogP) is 1.92. The van der Waals surface area contributed by atoms with E-state index < -0.39 is 5.91 Å². The summed E-state index contributed by atoms with van der Waals surface area (Å²) >= 11 is 0. The van der Waals surface area contributed by atoms with Gasteiger partial charge in [0, 0.05) is 18.8 Å². The lowest BCUT2D eigenvalue weighted by atomic mass is 10.2. The van der Waals surface area contributed by atoms with Crippen LogP contribution in [0.5, 0.6) is 11.5 Å². The highest BCUT2D eigenvalue weighted by atomic mass is 16.7. The molecule has 2 aromatic heterocycles. The van der Waals surface area contributed by atoms with Crippen molar-refractivity contribution in [2.75, 3.05) is 12.1 Å². The van der Waals surface area contributed by atoms with Gasteiger partial charge >= 0.3 is 0 Å². The molecule has 9 heteroatoms. The molecule has 27 heavy (non-hydrogen) atoms. The van der Waals surface area contributed by atoms with Crippen molar-refractivity contribution in [3.8, 4) is 11.5 Å².